The minimum Gasteiger partial charge on any atom is -0.486 e. The molecule has 0 aromatic heterocycles. The van der Waals surface area contributed by atoms with Gasteiger partial charge in [0.25, 0.3) is 0 Å². The van der Waals surface area contributed by atoms with E-state index in [2.05, 4.69) is 35.6 Å². The number of Topliss-reactive ketones (excluding diaryl/α,β-unsaturated/α-hetero) is 2. The zero-order valence-electron chi connectivity index (χ0n) is 11.7. The summed E-state index contributed by atoms with van der Waals surface area (Å²) < 4.78 is 6.24. The second kappa shape index (κ2) is 5.13. The lowest BCUT2D eigenvalue weighted by molar-refractivity contribution is -0.117. The molecule has 1 aliphatic rings. The van der Waals surface area contributed by atoms with Crippen LogP contribution in [0.2, 0.25) is 19.6 Å². The molecule has 0 amide bonds. The largest absolute Gasteiger partial charge is 0.486 e. The van der Waals surface area contributed by atoms with Crippen molar-refractivity contribution in [1.82, 2.24) is 0 Å². The van der Waals surface area contributed by atoms with E-state index in [9.17, 15) is 9.59 Å². The maximum Gasteiger partial charge on any atom is 0.232 e. The van der Waals surface area contributed by atoms with Gasteiger partial charge in [0.2, 0.25) is 5.78 Å². The fraction of sp³-hybridized carbons (Fsp3) is 0.538. The highest BCUT2D eigenvalue weighted by Crippen LogP contribution is 2.34. The molecule has 0 saturated carbocycles. The molecule has 0 saturated heterocycles. The summed E-state index contributed by atoms with van der Waals surface area (Å²) in [7, 11) is -1.74. The van der Waals surface area contributed by atoms with Crippen molar-refractivity contribution in [2.75, 3.05) is 0 Å². The van der Waals surface area contributed by atoms with Gasteiger partial charge >= 0.3 is 0 Å². The Bertz CT molecular complexity index is 467. The zero-order chi connectivity index (χ0) is 14.2. The van der Waals surface area contributed by atoms with Crippen molar-refractivity contribution in [3.63, 3.8) is 0 Å². The van der Waals surface area contributed by atoms with Gasteiger partial charge in [-0.05, 0) is 24.9 Å². The van der Waals surface area contributed by atoms with Crippen LogP contribution in [0.25, 0.3) is 0 Å². The average molecular weight is 331 g/mol. The molecule has 0 bridgehead atoms. The van der Waals surface area contributed by atoms with Gasteiger partial charge in [-0.2, -0.15) is 0 Å². The van der Waals surface area contributed by atoms with Gasteiger partial charge < -0.3 is 4.74 Å². The number of hydrogen-bond donors (Lipinski definition) is 0. The standard InChI is InChI=1S/C13H19BrO3Si/c1-7(2)17-12-8(3)10(15)9(11(12)16)13(14)18(4,5)6/h7H,1-6H3/b13-9-. The topological polar surface area (TPSA) is 43.4 Å². The van der Waals surface area contributed by atoms with E-state index in [0.717, 1.165) is 4.11 Å². The fourth-order valence-electron chi connectivity index (χ4n) is 1.63. The predicted octanol–water partition coefficient (Wildman–Crippen LogP) is 3.36. The van der Waals surface area contributed by atoms with Crippen LogP contribution in [0.1, 0.15) is 20.8 Å². The first-order valence-electron chi connectivity index (χ1n) is 5.94. The first kappa shape index (κ1) is 15.4. The minimum absolute atomic E-state index is 0.114. The summed E-state index contributed by atoms with van der Waals surface area (Å²) in [6.45, 7) is 11.6. The lowest BCUT2D eigenvalue weighted by Crippen LogP contribution is -2.25. The number of carbonyl (C=O) groups is 2. The Morgan fingerprint density at radius 1 is 1.17 bits per heavy atom. The van der Waals surface area contributed by atoms with E-state index in [0.29, 0.717) is 5.57 Å². The summed E-state index contributed by atoms with van der Waals surface area (Å²) >= 11 is 3.44. The summed E-state index contributed by atoms with van der Waals surface area (Å²) in [5.74, 6) is -0.273. The van der Waals surface area contributed by atoms with Crippen molar-refractivity contribution in [2.24, 2.45) is 0 Å². The molecule has 0 heterocycles. The summed E-state index contributed by atoms with van der Waals surface area (Å²) in [4.78, 5) is 24.5. The Balaban J connectivity index is 3.28. The van der Waals surface area contributed by atoms with Gasteiger partial charge in [0, 0.05) is 5.57 Å². The monoisotopic (exact) mass is 330 g/mol. The molecule has 0 aromatic carbocycles. The van der Waals surface area contributed by atoms with Crippen molar-refractivity contribution in [3.05, 3.63) is 21.0 Å². The van der Waals surface area contributed by atoms with Gasteiger partial charge in [-0.25, -0.2) is 0 Å². The van der Waals surface area contributed by atoms with Gasteiger partial charge in [-0.3, -0.25) is 9.59 Å². The molecule has 0 N–H and O–H groups in total. The average Bonchev–Trinajstić information content (AvgIpc) is 2.40. The molecule has 0 unspecified atom stereocenters. The van der Waals surface area contributed by atoms with Crippen molar-refractivity contribution in [2.45, 2.75) is 46.5 Å². The third-order valence-corrected chi connectivity index (χ3v) is 8.10. The summed E-state index contributed by atoms with van der Waals surface area (Å²) in [5, 5.41) is 0. The molecule has 3 nitrogen and oxygen atoms in total. The van der Waals surface area contributed by atoms with Gasteiger partial charge in [0.1, 0.15) is 0 Å². The predicted molar refractivity (Wildman–Crippen MR) is 78.2 cm³/mol. The highest BCUT2D eigenvalue weighted by Gasteiger charge is 2.39. The molecular weight excluding hydrogens is 312 g/mol. The number of rotatable bonds is 3. The number of hydrogen-bond acceptors (Lipinski definition) is 3. The molecule has 0 spiro atoms. The van der Waals surface area contributed by atoms with Crippen LogP contribution in [-0.4, -0.2) is 25.7 Å². The zero-order valence-corrected chi connectivity index (χ0v) is 14.3. The molecule has 0 aromatic rings. The molecular formula is C13H19BrO3Si. The Hall–Kier alpha value is -0.683. The molecule has 5 heteroatoms. The Morgan fingerprint density at radius 2 is 1.67 bits per heavy atom. The van der Waals surface area contributed by atoms with Gasteiger partial charge in [-0.1, -0.05) is 35.6 Å². The highest BCUT2D eigenvalue weighted by atomic mass is 79.9. The summed E-state index contributed by atoms with van der Waals surface area (Å²) in [5.41, 5.74) is 0.682. The van der Waals surface area contributed by atoms with E-state index in [4.69, 9.17) is 4.74 Å². The number of halogens is 1. The minimum atomic E-state index is -1.74. The van der Waals surface area contributed by atoms with E-state index in [-0.39, 0.29) is 29.0 Å². The maximum atomic E-state index is 12.3. The Labute approximate surface area is 117 Å². The Morgan fingerprint density at radius 3 is 2.06 bits per heavy atom. The molecule has 0 fully saturated rings. The van der Waals surface area contributed by atoms with Crippen LogP contribution in [0, 0.1) is 0 Å². The van der Waals surface area contributed by atoms with Crippen LogP contribution in [-0.2, 0) is 14.3 Å². The van der Waals surface area contributed by atoms with Crippen LogP contribution in [0.5, 0.6) is 0 Å². The first-order chi connectivity index (χ1) is 8.07. The highest BCUT2D eigenvalue weighted by molar-refractivity contribution is 9.12. The SMILES string of the molecule is CC1=C(OC(C)C)C(=O)/C(=C(/Br)[Si](C)(C)C)C1=O. The molecule has 18 heavy (non-hydrogen) atoms. The molecule has 0 aliphatic heterocycles. The fourth-order valence-corrected chi connectivity index (χ4v) is 2.97. The molecule has 0 radical (unpaired) electrons. The van der Waals surface area contributed by atoms with Gasteiger partial charge in [-0.15, -0.1) is 0 Å². The van der Waals surface area contributed by atoms with E-state index in [1.165, 1.54) is 0 Å². The van der Waals surface area contributed by atoms with Crippen LogP contribution in [0.15, 0.2) is 21.0 Å². The van der Waals surface area contributed by atoms with E-state index in [1.54, 1.807) is 6.92 Å². The number of allylic oxidation sites excluding steroid dienone is 2. The maximum absolute atomic E-state index is 12.3. The van der Waals surface area contributed by atoms with Crippen LogP contribution >= 0.6 is 15.9 Å². The van der Waals surface area contributed by atoms with Gasteiger partial charge in [0.05, 0.1) is 19.8 Å². The third kappa shape index (κ3) is 2.83. The lowest BCUT2D eigenvalue weighted by Gasteiger charge is -2.17. The second-order valence-corrected chi connectivity index (χ2v) is 12.2. The summed E-state index contributed by atoms with van der Waals surface area (Å²) in [6.07, 6.45) is -0.114. The number of ketones is 2. The van der Waals surface area contributed by atoms with Gasteiger partial charge in [0.15, 0.2) is 11.5 Å². The van der Waals surface area contributed by atoms with Crippen molar-refractivity contribution >= 4 is 35.6 Å². The smallest absolute Gasteiger partial charge is 0.232 e. The van der Waals surface area contributed by atoms with E-state index in [1.807, 2.05) is 13.8 Å². The van der Waals surface area contributed by atoms with Crippen LogP contribution < -0.4 is 0 Å². The molecule has 100 valence electrons. The molecule has 1 aliphatic carbocycles. The van der Waals surface area contributed by atoms with Crippen molar-refractivity contribution in [1.29, 1.82) is 0 Å². The lowest BCUT2D eigenvalue weighted by atomic mass is 10.2. The summed E-state index contributed by atoms with van der Waals surface area (Å²) in [6, 6.07) is 0. The number of carbonyl (C=O) groups excluding carboxylic acids is 2. The van der Waals surface area contributed by atoms with Crippen LogP contribution in [0.3, 0.4) is 0 Å². The van der Waals surface area contributed by atoms with Crippen LogP contribution in [0.4, 0.5) is 0 Å². The van der Waals surface area contributed by atoms with E-state index >= 15 is 0 Å². The van der Waals surface area contributed by atoms with Crippen molar-refractivity contribution in [3.8, 4) is 0 Å². The second-order valence-electron chi connectivity index (χ2n) is 5.72. The normalized spacial score (nSPS) is 20.0. The first-order valence-corrected chi connectivity index (χ1v) is 10.2. The quantitative estimate of drug-likeness (QED) is 0.452. The number of ether oxygens (including phenoxy) is 1. The van der Waals surface area contributed by atoms with Crippen molar-refractivity contribution < 1.29 is 14.3 Å². The Kier molecular flexibility index (Phi) is 4.38. The third-order valence-electron chi connectivity index (χ3n) is 2.57. The van der Waals surface area contributed by atoms with E-state index < -0.39 is 8.07 Å². The molecule has 0 atom stereocenters. The molecule has 1 rings (SSSR count).